The third kappa shape index (κ3) is 4.74. The minimum Gasteiger partial charge on any atom is -0.406 e. The van der Waals surface area contributed by atoms with Crippen molar-refractivity contribution in [3.8, 4) is 17.1 Å². The highest BCUT2D eigenvalue weighted by molar-refractivity contribution is 5.67. The van der Waals surface area contributed by atoms with Crippen LogP contribution in [-0.4, -0.2) is 41.0 Å². The smallest absolute Gasteiger partial charge is 0.406 e. The highest BCUT2D eigenvalue weighted by Crippen LogP contribution is 2.25. The van der Waals surface area contributed by atoms with Gasteiger partial charge in [-0.25, -0.2) is 9.67 Å². The average Bonchev–Trinajstić information content (AvgIpc) is 3.44. The van der Waals surface area contributed by atoms with Crippen LogP contribution in [0.2, 0.25) is 0 Å². The van der Waals surface area contributed by atoms with Crippen molar-refractivity contribution < 1.29 is 22.4 Å². The number of alkyl halides is 3. The molecule has 0 N–H and O–H groups in total. The van der Waals surface area contributed by atoms with Crippen molar-refractivity contribution in [2.24, 2.45) is 0 Å². The Kier molecular flexibility index (Phi) is 5.51. The van der Waals surface area contributed by atoms with E-state index in [0.29, 0.717) is 17.8 Å². The predicted molar refractivity (Wildman–Crippen MR) is 115 cm³/mol. The minimum atomic E-state index is -4.78. The molecule has 0 aliphatic rings. The number of hydrogen-bond acceptors (Lipinski definition) is 8. The molecular formula is C22H16F3N7O3. The van der Waals surface area contributed by atoms with E-state index in [0.717, 1.165) is 23.3 Å². The molecule has 2 aromatic carbocycles. The van der Waals surface area contributed by atoms with Crippen molar-refractivity contribution in [2.45, 2.75) is 26.4 Å². The number of ether oxygens (including phenoxy) is 1. The SMILES string of the molecule is Cc1ccccc1Cn1nnc2c(=O)n(Cc3nc(-c4ccc(OC(F)(F)F)cc4)no3)cnc21. The molecular weight excluding hydrogens is 467 g/mol. The van der Waals surface area contributed by atoms with E-state index in [-0.39, 0.29) is 29.5 Å². The summed E-state index contributed by atoms with van der Waals surface area (Å²) in [6.07, 6.45) is -3.44. The Labute approximate surface area is 194 Å². The maximum atomic E-state index is 12.9. The molecule has 3 heterocycles. The van der Waals surface area contributed by atoms with Crippen LogP contribution in [0.15, 0.2) is 64.2 Å². The summed E-state index contributed by atoms with van der Waals surface area (Å²) in [7, 11) is 0. The molecule has 0 saturated heterocycles. The number of hydrogen-bond donors (Lipinski definition) is 0. The summed E-state index contributed by atoms with van der Waals surface area (Å²) in [6, 6.07) is 12.8. The van der Waals surface area contributed by atoms with Gasteiger partial charge in [-0.3, -0.25) is 9.36 Å². The lowest BCUT2D eigenvalue weighted by molar-refractivity contribution is -0.274. The molecule has 0 amide bonds. The van der Waals surface area contributed by atoms with Gasteiger partial charge in [-0.15, -0.1) is 18.3 Å². The zero-order valence-corrected chi connectivity index (χ0v) is 18.1. The molecule has 13 heteroatoms. The lowest BCUT2D eigenvalue weighted by Gasteiger charge is -2.08. The Balaban J connectivity index is 1.35. The number of rotatable bonds is 6. The Morgan fingerprint density at radius 2 is 1.83 bits per heavy atom. The summed E-state index contributed by atoms with van der Waals surface area (Å²) in [4.78, 5) is 21.4. The van der Waals surface area contributed by atoms with Gasteiger partial charge in [0.15, 0.2) is 11.2 Å². The van der Waals surface area contributed by atoms with Gasteiger partial charge in [0.1, 0.15) is 18.6 Å². The van der Waals surface area contributed by atoms with Gasteiger partial charge in [-0.1, -0.05) is 34.6 Å². The summed E-state index contributed by atoms with van der Waals surface area (Å²) in [5, 5.41) is 11.9. The molecule has 5 rings (SSSR count). The first-order valence-corrected chi connectivity index (χ1v) is 10.3. The Hall–Kier alpha value is -4.55. The van der Waals surface area contributed by atoms with Gasteiger partial charge in [-0.2, -0.15) is 4.98 Å². The van der Waals surface area contributed by atoms with E-state index in [1.165, 1.54) is 23.0 Å². The van der Waals surface area contributed by atoms with Crippen LogP contribution >= 0.6 is 0 Å². The number of aromatic nitrogens is 7. The van der Waals surface area contributed by atoms with Crippen LogP contribution in [0.5, 0.6) is 5.75 Å². The first-order valence-electron chi connectivity index (χ1n) is 10.3. The second-order valence-electron chi connectivity index (χ2n) is 7.61. The van der Waals surface area contributed by atoms with E-state index < -0.39 is 11.9 Å². The molecule has 0 atom stereocenters. The largest absolute Gasteiger partial charge is 0.573 e. The summed E-state index contributed by atoms with van der Waals surface area (Å²) in [6.45, 7) is 2.33. The lowest BCUT2D eigenvalue weighted by atomic mass is 10.1. The second kappa shape index (κ2) is 8.66. The van der Waals surface area contributed by atoms with Crippen LogP contribution in [0, 0.1) is 6.92 Å². The molecule has 0 aliphatic carbocycles. The van der Waals surface area contributed by atoms with Crippen LogP contribution in [-0.2, 0) is 13.1 Å². The first-order chi connectivity index (χ1) is 16.8. The second-order valence-corrected chi connectivity index (χ2v) is 7.61. The molecule has 5 aromatic rings. The molecule has 0 aliphatic heterocycles. The average molecular weight is 483 g/mol. The molecule has 0 saturated carbocycles. The van der Waals surface area contributed by atoms with Crippen LogP contribution in [0.3, 0.4) is 0 Å². The number of halogens is 3. The fourth-order valence-electron chi connectivity index (χ4n) is 3.44. The van der Waals surface area contributed by atoms with Gasteiger partial charge < -0.3 is 9.26 Å². The molecule has 0 fully saturated rings. The summed E-state index contributed by atoms with van der Waals surface area (Å²) in [5.74, 6) is -0.123. The summed E-state index contributed by atoms with van der Waals surface area (Å²) < 4.78 is 48.8. The predicted octanol–water partition coefficient (Wildman–Crippen LogP) is 3.34. The topological polar surface area (TPSA) is 114 Å². The Bertz CT molecular complexity index is 1560. The van der Waals surface area contributed by atoms with Gasteiger partial charge in [0.25, 0.3) is 5.56 Å². The molecule has 0 spiro atoms. The summed E-state index contributed by atoms with van der Waals surface area (Å²) >= 11 is 0. The number of fused-ring (bicyclic) bond motifs is 1. The van der Waals surface area contributed by atoms with Crippen molar-refractivity contribution in [1.82, 2.24) is 34.7 Å². The highest BCUT2D eigenvalue weighted by atomic mass is 19.4. The lowest BCUT2D eigenvalue weighted by Crippen LogP contribution is -2.21. The maximum absolute atomic E-state index is 12.9. The van der Waals surface area contributed by atoms with Crippen LogP contribution in [0.4, 0.5) is 13.2 Å². The third-order valence-electron chi connectivity index (χ3n) is 5.19. The van der Waals surface area contributed by atoms with Crippen LogP contribution in [0.25, 0.3) is 22.6 Å². The monoisotopic (exact) mass is 483 g/mol. The minimum absolute atomic E-state index is 0.0747. The Morgan fingerprint density at radius 3 is 2.57 bits per heavy atom. The zero-order chi connectivity index (χ0) is 24.6. The van der Waals surface area contributed by atoms with E-state index in [1.54, 1.807) is 4.68 Å². The summed E-state index contributed by atoms with van der Waals surface area (Å²) in [5.41, 5.74) is 2.54. The van der Waals surface area contributed by atoms with Gasteiger partial charge >= 0.3 is 6.36 Å². The zero-order valence-electron chi connectivity index (χ0n) is 18.1. The standard InChI is InChI=1S/C22H16F3N7O3/c1-13-4-2-3-5-15(13)10-32-20-18(28-30-32)21(33)31(12-26-20)11-17-27-19(29-35-17)14-6-8-16(9-7-14)34-22(23,24)25/h2-9,12H,10-11H2,1H3. The van der Waals surface area contributed by atoms with Gasteiger partial charge in [0.05, 0.1) is 6.54 Å². The van der Waals surface area contributed by atoms with Crippen molar-refractivity contribution in [3.63, 3.8) is 0 Å². The van der Waals surface area contributed by atoms with Crippen LogP contribution in [0.1, 0.15) is 17.0 Å². The molecule has 0 bridgehead atoms. The quantitative estimate of drug-likeness (QED) is 0.361. The maximum Gasteiger partial charge on any atom is 0.573 e. The molecule has 3 aromatic heterocycles. The van der Waals surface area contributed by atoms with Crippen LogP contribution < -0.4 is 10.3 Å². The van der Waals surface area contributed by atoms with Gasteiger partial charge in [0, 0.05) is 5.56 Å². The van der Waals surface area contributed by atoms with E-state index in [9.17, 15) is 18.0 Å². The number of benzene rings is 2. The highest BCUT2D eigenvalue weighted by Gasteiger charge is 2.31. The number of aryl methyl sites for hydroxylation is 1. The van der Waals surface area contributed by atoms with E-state index in [1.807, 2.05) is 31.2 Å². The van der Waals surface area contributed by atoms with Crippen molar-refractivity contribution in [2.75, 3.05) is 0 Å². The van der Waals surface area contributed by atoms with E-state index >= 15 is 0 Å². The fourth-order valence-corrected chi connectivity index (χ4v) is 3.44. The van der Waals surface area contributed by atoms with Crippen molar-refractivity contribution in [1.29, 1.82) is 0 Å². The first kappa shape index (κ1) is 22.3. The molecule has 10 nitrogen and oxygen atoms in total. The third-order valence-corrected chi connectivity index (χ3v) is 5.19. The Morgan fingerprint density at radius 1 is 1.06 bits per heavy atom. The van der Waals surface area contributed by atoms with Crippen molar-refractivity contribution >= 4 is 11.2 Å². The number of nitrogens with zero attached hydrogens (tertiary/aromatic N) is 7. The molecule has 35 heavy (non-hydrogen) atoms. The molecule has 0 unspecified atom stereocenters. The van der Waals surface area contributed by atoms with Gasteiger partial charge in [-0.05, 0) is 42.3 Å². The van der Waals surface area contributed by atoms with Crippen molar-refractivity contribution in [3.05, 3.63) is 82.2 Å². The van der Waals surface area contributed by atoms with E-state index in [2.05, 4.69) is 30.2 Å². The molecule has 178 valence electrons. The molecule has 0 radical (unpaired) electrons. The normalized spacial score (nSPS) is 11.8. The fraction of sp³-hybridized carbons (Fsp3) is 0.182. The van der Waals surface area contributed by atoms with Gasteiger partial charge in [0.2, 0.25) is 11.7 Å². The van der Waals surface area contributed by atoms with E-state index in [4.69, 9.17) is 4.52 Å².